The molecule has 0 spiro atoms. The predicted octanol–water partition coefficient (Wildman–Crippen LogP) is 4.09. The van der Waals surface area contributed by atoms with Gasteiger partial charge in [-0.3, -0.25) is 14.6 Å². The van der Waals surface area contributed by atoms with Crippen molar-refractivity contribution in [3.8, 4) is 17.0 Å². The molecule has 4 heterocycles. The van der Waals surface area contributed by atoms with Crippen LogP contribution in [-0.2, 0) is 16.1 Å². The van der Waals surface area contributed by atoms with Gasteiger partial charge in [-0.05, 0) is 63.7 Å². The highest BCUT2D eigenvalue weighted by atomic mass is 16.5. The fraction of sp³-hybridized carbons (Fsp3) is 0.267. The smallest absolute Gasteiger partial charge is 0.261 e. The Balaban J connectivity index is 1.36. The molecule has 0 fully saturated rings. The third-order valence-electron chi connectivity index (χ3n) is 7.02. The average molecular weight is 554 g/mol. The number of nitrogens with two attached hydrogens (primary N) is 1. The fourth-order valence-electron chi connectivity index (χ4n) is 5.06. The van der Waals surface area contributed by atoms with Gasteiger partial charge >= 0.3 is 0 Å². The van der Waals surface area contributed by atoms with Crippen LogP contribution in [0.5, 0.6) is 5.75 Å². The SMILES string of the molecule is CN(C)CC=CC(=O)Nc1ccnc2c1OCc1[nH]c(=O)c3c(N)n(C4=CC=C(OC5=CCCC=C5)CC4)nc3c1-2. The average Bonchev–Trinajstić information content (AvgIpc) is 3.31. The zero-order valence-corrected chi connectivity index (χ0v) is 22.9. The van der Waals surface area contributed by atoms with Crippen LogP contribution in [0.4, 0.5) is 11.5 Å². The lowest BCUT2D eigenvalue weighted by molar-refractivity contribution is -0.111. The summed E-state index contributed by atoms with van der Waals surface area (Å²) in [6.07, 6.45) is 18.2. The molecule has 1 aliphatic heterocycles. The van der Waals surface area contributed by atoms with Crippen LogP contribution in [0.15, 0.2) is 71.1 Å². The molecule has 0 radical (unpaired) electrons. The highest BCUT2D eigenvalue weighted by Gasteiger charge is 2.29. The summed E-state index contributed by atoms with van der Waals surface area (Å²) in [5, 5.41) is 7.96. The Hall–Kier alpha value is -4.90. The third-order valence-corrected chi connectivity index (χ3v) is 7.02. The molecule has 4 N–H and O–H groups in total. The topological polar surface area (TPSA) is 140 Å². The van der Waals surface area contributed by atoms with Crippen LogP contribution in [0.25, 0.3) is 27.9 Å². The first-order valence-electron chi connectivity index (χ1n) is 13.5. The Morgan fingerprint density at radius 3 is 2.93 bits per heavy atom. The highest BCUT2D eigenvalue weighted by Crippen LogP contribution is 2.43. The summed E-state index contributed by atoms with van der Waals surface area (Å²) in [6, 6.07) is 1.68. The number of aromatic nitrogens is 4. The molecule has 3 aliphatic rings. The van der Waals surface area contributed by atoms with Gasteiger partial charge in [0.15, 0.2) is 5.75 Å². The van der Waals surface area contributed by atoms with E-state index in [1.807, 2.05) is 37.2 Å². The maximum atomic E-state index is 13.1. The van der Waals surface area contributed by atoms with Gasteiger partial charge in [-0.2, -0.15) is 5.10 Å². The molecule has 210 valence electrons. The standard InChI is InChI=1S/C30H31N7O4/c1-36(2)16-6-9-23(38)33-21-14-15-32-27-24-22(17-40-28(21)27)34-30(39)25-26(24)35-37(29(25)31)18-10-12-20(13-11-18)41-19-7-4-3-5-8-19/h4,6-10,12,14-15H,3,5,11,13,16-17,31H2,1-2H3,(H,34,39)(H,32,33,38). The van der Waals surface area contributed by atoms with E-state index in [4.69, 9.17) is 20.3 Å². The number of allylic oxidation sites excluding steroid dienone is 7. The molecule has 6 rings (SSSR count). The Kier molecular flexibility index (Phi) is 7.02. The molecule has 11 nitrogen and oxygen atoms in total. The van der Waals surface area contributed by atoms with Gasteiger partial charge < -0.3 is 30.4 Å². The number of rotatable bonds is 7. The number of nitrogen functional groups attached to an aromatic ring is 1. The molecule has 11 heteroatoms. The molecule has 0 aromatic carbocycles. The third kappa shape index (κ3) is 5.19. The molecule has 0 atom stereocenters. The first-order valence-corrected chi connectivity index (χ1v) is 13.5. The van der Waals surface area contributed by atoms with Crippen LogP contribution >= 0.6 is 0 Å². The van der Waals surface area contributed by atoms with Crippen LogP contribution in [0.1, 0.15) is 31.4 Å². The minimum absolute atomic E-state index is 0.0851. The van der Waals surface area contributed by atoms with E-state index < -0.39 is 0 Å². The lowest BCUT2D eigenvalue weighted by Gasteiger charge is -2.22. The highest BCUT2D eigenvalue weighted by molar-refractivity contribution is 6.04. The van der Waals surface area contributed by atoms with Crippen molar-refractivity contribution in [1.82, 2.24) is 24.6 Å². The van der Waals surface area contributed by atoms with Crippen molar-refractivity contribution >= 4 is 34.0 Å². The maximum Gasteiger partial charge on any atom is 0.261 e. The number of likely N-dealkylation sites (N-methyl/N-ethyl adjacent to an activating group) is 1. The number of hydrogen-bond donors (Lipinski definition) is 3. The van der Waals surface area contributed by atoms with Crippen molar-refractivity contribution in [2.45, 2.75) is 32.3 Å². The quantitative estimate of drug-likeness (QED) is 0.372. The van der Waals surface area contributed by atoms with E-state index in [0.717, 1.165) is 30.1 Å². The van der Waals surface area contributed by atoms with Gasteiger partial charge in [0.25, 0.3) is 5.56 Å². The van der Waals surface area contributed by atoms with Crippen LogP contribution in [0.2, 0.25) is 0 Å². The van der Waals surface area contributed by atoms with Crippen molar-refractivity contribution in [1.29, 1.82) is 0 Å². The van der Waals surface area contributed by atoms with E-state index in [0.29, 0.717) is 53.3 Å². The van der Waals surface area contributed by atoms with E-state index in [-0.39, 0.29) is 29.3 Å². The van der Waals surface area contributed by atoms with Crippen molar-refractivity contribution in [3.05, 3.63) is 82.4 Å². The largest absolute Gasteiger partial charge is 0.483 e. The van der Waals surface area contributed by atoms with Crippen LogP contribution in [-0.4, -0.2) is 51.2 Å². The summed E-state index contributed by atoms with van der Waals surface area (Å²) in [6.45, 7) is 0.721. The lowest BCUT2D eigenvalue weighted by Crippen LogP contribution is -2.19. The summed E-state index contributed by atoms with van der Waals surface area (Å²) in [7, 11) is 3.85. The number of hydrogen-bond acceptors (Lipinski definition) is 8. The number of aromatic amines is 1. The van der Waals surface area contributed by atoms with Gasteiger partial charge in [-0.15, -0.1) is 0 Å². The second-order valence-electron chi connectivity index (χ2n) is 10.3. The van der Waals surface area contributed by atoms with Crippen molar-refractivity contribution < 1.29 is 14.3 Å². The number of fused-ring (bicyclic) bond motifs is 5. The summed E-state index contributed by atoms with van der Waals surface area (Å²) < 4.78 is 13.6. The Labute approximate surface area is 236 Å². The lowest BCUT2D eigenvalue weighted by atomic mass is 10.0. The normalized spacial score (nSPS) is 16.1. The fourth-order valence-corrected chi connectivity index (χ4v) is 5.06. The first-order chi connectivity index (χ1) is 19.9. The maximum absolute atomic E-state index is 13.1. The Bertz CT molecular complexity index is 1750. The van der Waals surface area contributed by atoms with Crippen LogP contribution in [0.3, 0.4) is 0 Å². The molecule has 0 unspecified atom stereocenters. The van der Waals surface area contributed by atoms with E-state index in [2.05, 4.69) is 27.4 Å². The number of nitrogens with one attached hydrogen (secondary N) is 2. The summed E-state index contributed by atoms with van der Waals surface area (Å²) in [5.41, 5.74) is 9.55. The molecule has 1 amide bonds. The number of carbonyl (C=O) groups is 1. The number of amides is 1. The summed E-state index contributed by atoms with van der Waals surface area (Å²) in [5.74, 6) is 2.08. The van der Waals surface area contributed by atoms with Crippen LogP contribution in [0, 0.1) is 0 Å². The first kappa shape index (κ1) is 26.3. The number of H-pyrrole nitrogens is 1. The van der Waals surface area contributed by atoms with Gasteiger partial charge in [0, 0.05) is 30.9 Å². The zero-order chi connectivity index (χ0) is 28.5. The number of pyridine rings is 2. The Morgan fingerprint density at radius 2 is 2.17 bits per heavy atom. The predicted molar refractivity (Wildman–Crippen MR) is 158 cm³/mol. The molecule has 3 aromatic rings. The van der Waals surface area contributed by atoms with Crippen molar-refractivity contribution in [2.75, 3.05) is 31.7 Å². The molecular formula is C30H31N7O4. The molecule has 0 saturated heterocycles. The van der Waals surface area contributed by atoms with Gasteiger partial charge in [0.05, 0.1) is 16.9 Å². The zero-order valence-electron chi connectivity index (χ0n) is 22.9. The minimum atomic E-state index is -0.350. The van der Waals surface area contributed by atoms with Gasteiger partial charge in [-0.1, -0.05) is 12.2 Å². The number of nitrogens with zero attached hydrogens (tertiary/aromatic N) is 4. The summed E-state index contributed by atoms with van der Waals surface area (Å²) in [4.78, 5) is 35.1. The van der Waals surface area contributed by atoms with E-state index in [1.54, 1.807) is 23.0 Å². The monoisotopic (exact) mass is 553 g/mol. The molecule has 41 heavy (non-hydrogen) atoms. The van der Waals surface area contributed by atoms with E-state index in [1.165, 1.54) is 6.08 Å². The minimum Gasteiger partial charge on any atom is -0.483 e. The van der Waals surface area contributed by atoms with E-state index >= 15 is 0 Å². The van der Waals surface area contributed by atoms with Crippen LogP contribution < -0.4 is 21.3 Å². The van der Waals surface area contributed by atoms with Gasteiger partial charge in [0.2, 0.25) is 5.91 Å². The second-order valence-corrected chi connectivity index (χ2v) is 10.3. The van der Waals surface area contributed by atoms with Crippen molar-refractivity contribution in [2.24, 2.45) is 0 Å². The van der Waals surface area contributed by atoms with E-state index in [9.17, 15) is 9.59 Å². The number of carbonyl (C=O) groups excluding carboxylic acids is 1. The molecule has 0 saturated carbocycles. The van der Waals surface area contributed by atoms with Gasteiger partial charge in [-0.25, -0.2) is 4.68 Å². The second kappa shape index (κ2) is 10.9. The van der Waals surface area contributed by atoms with Crippen molar-refractivity contribution in [3.63, 3.8) is 0 Å². The molecular weight excluding hydrogens is 522 g/mol. The molecule has 2 aliphatic carbocycles. The molecule has 3 aromatic heterocycles. The summed E-state index contributed by atoms with van der Waals surface area (Å²) >= 11 is 0. The number of ether oxygens (including phenoxy) is 2. The Morgan fingerprint density at radius 1 is 1.29 bits per heavy atom. The molecule has 0 bridgehead atoms. The van der Waals surface area contributed by atoms with Gasteiger partial charge in [0.1, 0.15) is 40.5 Å². The number of anilines is 2.